The van der Waals surface area contributed by atoms with Gasteiger partial charge in [-0.2, -0.15) is 0 Å². The topological polar surface area (TPSA) is 30.5 Å². The van der Waals surface area contributed by atoms with E-state index in [1.54, 1.807) is 0 Å². The molecule has 2 aromatic rings. The van der Waals surface area contributed by atoms with Crippen LogP contribution in [0.2, 0.25) is 0 Å². The van der Waals surface area contributed by atoms with Crippen LogP contribution in [0.4, 0.5) is 0 Å². The van der Waals surface area contributed by atoms with Crippen LogP contribution in [0.1, 0.15) is 21.4 Å². The molecule has 1 aliphatic rings. The zero-order valence-corrected chi connectivity index (χ0v) is 11.9. The molecular formula is C15H17NO2S. The van der Waals surface area contributed by atoms with Gasteiger partial charge in [0.1, 0.15) is 13.2 Å². The highest BCUT2D eigenvalue weighted by atomic mass is 32.1. The van der Waals surface area contributed by atoms with Crippen molar-refractivity contribution in [3.05, 3.63) is 45.6 Å². The number of rotatable bonds is 3. The van der Waals surface area contributed by atoms with Gasteiger partial charge in [-0.3, -0.25) is 0 Å². The maximum atomic E-state index is 5.81. The van der Waals surface area contributed by atoms with Gasteiger partial charge in [0, 0.05) is 15.3 Å². The van der Waals surface area contributed by atoms with Gasteiger partial charge in [0.25, 0.3) is 0 Å². The van der Waals surface area contributed by atoms with Gasteiger partial charge in [-0.25, -0.2) is 0 Å². The van der Waals surface area contributed by atoms with E-state index >= 15 is 0 Å². The molecule has 19 heavy (non-hydrogen) atoms. The second-order valence-electron chi connectivity index (χ2n) is 4.54. The minimum Gasteiger partial charge on any atom is -0.486 e. The second kappa shape index (κ2) is 5.23. The number of hydrogen-bond donors (Lipinski definition) is 1. The molecule has 0 amide bonds. The van der Waals surface area contributed by atoms with Gasteiger partial charge in [0.2, 0.25) is 0 Å². The lowest BCUT2D eigenvalue weighted by Gasteiger charge is -2.24. The first-order valence-electron chi connectivity index (χ1n) is 6.41. The number of thiophene rings is 1. The summed E-state index contributed by atoms with van der Waals surface area (Å²) in [7, 11) is 1.97. The van der Waals surface area contributed by atoms with Crippen molar-refractivity contribution in [2.45, 2.75) is 13.0 Å². The Balaban J connectivity index is 2.04. The molecule has 0 aliphatic carbocycles. The molecule has 3 rings (SSSR count). The van der Waals surface area contributed by atoms with Crippen LogP contribution < -0.4 is 14.8 Å². The van der Waals surface area contributed by atoms with Crippen LogP contribution >= 0.6 is 11.3 Å². The zero-order chi connectivity index (χ0) is 13.2. The van der Waals surface area contributed by atoms with Gasteiger partial charge in [-0.1, -0.05) is 12.1 Å². The van der Waals surface area contributed by atoms with E-state index < -0.39 is 0 Å². The van der Waals surface area contributed by atoms with Gasteiger partial charge >= 0.3 is 0 Å². The predicted molar refractivity (Wildman–Crippen MR) is 77.4 cm³/mol. The van der Waals surface area contributed by atoms with E-state index in [1.165, 1.54) is 9.75 Å². The minimum atomic E-state index is 0.148. The molecule has 1 unspecified atom stereocenters. The molecule has 1 aromatic heterocycles. The molecule has 100 valence electrons. The molecule has 0 saturated heterocycles. The first kappa shape index (κ1) is 12.5. The van der Waals surface area contributed by atoms with Crippen molar-refractivity contribution in [3.63, 3.8) is 0 Å². The van der Waals surface area contributed by atoms with Crippen LogP contribution in [-0.2, 0) is 0 Å². The quantitative estimate of drug-likeness (QED) is 0.933. The Kier molecular flexibility index (Phi) is 3.44. The Labute approximate surface area is 117 Å². The molecule has 4 heteroatoms. The third-order valence-electron chi connectivity index (χ3n) is 3.24. The number of aryl methyl sites for hydroxylation is 1. The van der Waals surface area contributed by atoms with Crippen LogP contribution in [0.25, 0.3) is 0 Å². The molecule has 0 radical (unpaired) electrons. The molecule has 1 aromatic carbocycles. The lowest BCUT2D eigenvalue weighted by molar-refractivity contribution is 0.169. The largest absolute Gasteiger partial charge is 0.486 e. The fraction of sp³-hybridized carbons (Fsp3) is 0.333. The molecule has 0 spiro atoms. The van der Waals surface area contributed by atoms with Gasteiger partial charge in [0.15, 0.2) is 11.5 Å². The first-order valence-corrected chi connectivity index (χ1v) is 7.23. The molecule has 0 bridgehead atoms. The van der Waals surface area contributed by atoms with Crippen molar-refractivity contribution in [3.8, 4) is 11.5 Å². The highest BCUT2D eigenvalue weighted by Crippen LogP contribution is 2.40. The highest BCUT2D eigenvalue weighted by Gasteiger charge is 2.23. The van der Waals surface area contributed by atoms with E-state index in [2.05, 4.69) is 30.4 Å². The van der Waals surface area contributed by atoms with Crippen molar-refractivity contribution >= 4 is 11.3 Å². The summed E-state index contributed by atoms with van der Waals surface area (Å²) in [5.41, 5.74) is 1.14. The molecular weight excluding hydrogens is 258 g/mol. The first-order chi connectivity index (χ1) is 9.29. The monoisotopic (exact) mass is 275 g/mol. The average molecular weight is 275 g/mol. The summed E-state index contributed by atoms with van der Waals surface area (Å²) in [4.78, 5) is 2.61. The minimum absolute atomic E-state index is 0.148. The summed E-state index contributed by atoms with van der Waals surface area (Å²) in [6.45, 7) is 3.36. The molecule has 3 nitrogen and oxygen atoms in total. The van der Waals surface area contributed by atoms with Crippen molar-refractivity contribution in [2.75, 3.05) is 20.3 Å². The number of fused-ring (bicyclic) bond motifs is 1. The van der Waals surface area contributed by atoms with E-state index in [-0.39, 0.29) is 6.04 Å². The Hall–Kier alpha value is -1.52. The number of para-hydroxylation sites is 1. The van der Waals surface area contributed by atoms with E-state index in [1.807, 2.05) is 30.5 Å². The van der Waals surface area contributed by atoms with Crippen molar-refractivity contribution in [1.29, 1.82) is 0 Å². The average Bonchev–Trinajstić information content (AvgIpc) is 2.86. The van der Waals surface area contributed by atoms with Gasteiger partial charge < -0.3 is 14.8 Å². The maximum Gasteiger partial charge on any atom is 0.166 e. The van der Waals surface area contributed by atoms with E-state index in [0.717, 1.165) is 17.1 Å². The van der Waals surface area contributed by atoms with Crippen LogP contribution in [0, 0.1) is 6.92 Å². The van der Waals surface area contributed by atoms with E-state index in [4.69, 9.17) is 9.47 Å². The smallest absolute Gasteiger partial charge is 0.166 e. The Morgan fingerprint density at radius 3 is 2.74 bits per heavy atom. The molecule has 1 aliphatic heterocycles. The Morgan fingerprint density at radius 2 is 2.00 bits per heavy atom. The highest BCUT2D eigenvalue weighted by molar-refractivity contribution is 7.12. The molecule has 0 saturated carbocycles. The van der Waals surface area contributed by atoms with Crippen molar-refractivity contribution in [1.82, 2.24) is 5.32 Å². The predicted octanol–water partition coefficient (Wildman–Crippen LogP) is 3.14. The summed E-state index contributed by atoms with van der Waals surface area (Å²) in [5, 5.41) is 3.37. The zero-order valence-electron chi connectivity index (χ0n) is 11.1. The standard InChI is InChI=1S/C15H17NO2S/c1-10-6-7-13(19-10)14(16-2)11-4-3-5-12-15(11)18-9-8-17-12/h3-7,14,16H,8-9H2,1-2H3. The number of hydrogen-bond acceptors (Lipinski definition) is 4. The van der Waals surface area contributed by atoms with Crippen molar-refractivity contribution < 1.29 is 9.47 Å². The van der Waals surface area contributed by atoms with Gasteiger partial charge in [-0.05, 0) is 32.2 Å². The van der Waals surface area contributed by atoms with Crippen LogP contribution in [0.15, 0.2) is 30.3 Å². The van der Waals surface area contributed by atoms with E-state index in [0.29, 0.717) is 13.2 Å². The molecule has 1 N–H and O–H groups in total. The summed E-state index contributed by atoms with van der Waals surface area (Å²) in [5.74, 6) is 1.72. The molecule has 2 heterocycles. The lowest BCUT2D eigenvalue weighted by atomic mass is 10.0. The third-order valence-corrected chi connectivity index (χ3v) is 4.31. The summed E-state index contributed by atoms with van der Waals surface area (Å²) >= 11 is 1.81. The van der Waals surface area contributed by atoms with Crippen LogP contribution in [-0.4, -0.2) is 20.3 Å². The summed E-state index contributed by atoms with van der Waals surface area (Å²) in [6, 6.07) is 10.6. The van der Waals surface area contributed by atoms with Gasteiger partial charge in [-0.15, -0.1) is 11.3 Å². The molecule has 0 fully saturated rings. The number of nitrogens with one attached hydrogen (secondary N) is 1. The molecule has 1 atom stereocenters. The third kappa shape index (κ3) is 2.33. The SMILES string of the molecule is CNC(c1ccc(C)s1)c1cccc2c1OCCO2. The Morgan fingerprint density at radius 1 is 1.16 bits per heavy atom. The summed E-state index contributed by atoms with van der Waals surface area (Å²) < 4.78 is 11.5. The lowest BCUT2D eigenvalue weighted by Crippen LogP contribution is -2.21. The number of benzene rings is 1. The maximum absolute atomic E-state index is 5.81. The van der Waals surface area contributed by atoms with E-state index in [9.17, 15) is 0 Å². The summed E-state index contributed by atoms with van der Waals surface area (Å²) in [6.07, 6.45) is 0. The fourth-order valence-corrected chi connectivity index (χ4v) is 3.39. The van der Waals surface area contributed by atoms with Crippen molar-refractivity contribution in [2.24, 2.45) is 0 Å². The fourth-order valence-electron chi connectivity index (χ4n) is 2.38. The second-order valence-corrected chi connectivity index (χ2v) is 5.86. The van der Waals surface area contributed by atoms with Crippen LogP contribution in [0.5, 0.6) is 11.5 Å². The Bertz CT molecular complexity index is 579. The number of ether oxygens (including phenoxy) is 2. The van der Waals surface area contributed by atoms with Gasteiger partial charge in [0.05, 0.1) is 6.04 Å². The normalized spacial score (nSPS) is 15.3. The van der Waals surface area contributed by atoms with Crippen LogP contribution in [0.3, 0.4) is 0 Å².